The minimum absolute atomic E-state index is 0.235. The van der Waals surface area contributed by atoms with Crippen LogP contribution in [0.4, 0.5) is 0 Å². The van der Waals surface area contributed by atoms with Gasteiger partial charge in [0.25, 0.3) is 0 Å². The van der Waals surface area contributed by atoms with Gasteiger partial charge in [-0.3, -0.25) is 4.79 Å². The number of ether oxygens (including phenoxy) is 1. The average molecular weight is 290 g/mol. The molecule has 0 saturated carbocycles. The molecule has 2 unspecified atom stereocenters. The Kier molecular flexibility index (Phi) is 5.62. The van der Waals surface area contributed by atoms with Crippen molar-refractivity contribution in [2.75, 3.05) is 27.2 Å². The highest BCUT2D eigenvalue weighted by atomic mass is 16.5. The third kappa shape index (κ3) is 3.97. The maximum absolute atomic E-state index is 12.5. The number of methoxy groups -OCH3 is 1. The Morgan fingerprint density at radius 2 is 2.14 bits per heavy atom. The smallest absolute Gasteiger partial charge is 0.223 e. The highest BCUT2D eigenvalue weighted by molar-refractivity contribution is 5.77. The summed E-state index contributed by atoms with van der Waals surface area (Å²) in [7, 11) is 3.61. The third-order valence-corrected chi connectivity index (χ3v) is 4.30. The topological polar surface area (TPSA) is 41.6 Å². The molecule has 0 aliphatic carbocycles. The lowest BCUT2D eigenvalue weighted by molar-refractivity contribution is -0.132. The van der Waals surface area contributed by atoms with Gasteiger partial charge in [-0.15, -0.1) is 0 Å². The molecule has 21 heavy (non-hydrogen) atoms. The van der Waals surface area contributed by atoms with Gasteiger partial charge in [0.15, 0.2) is 0 Å². The van der Waals surface area contributed by atoms with Gasteiger partial charge < -0.3 is 15.0 Å². The Morgan fingerprint density at radius 1 is 1.43 bits per heavy atom. The van der Waals surface area contributed by atoms with Crippen molar-refractivity contribution in [2.24, 2.45) is 0 Å². The van der Waals surface area contributed by atoms with E-state index in [2.05, 4.69) is 17.1 Å². The maximum Gasteiger partial charge on any atom is 0.223 e. The van der Waals surface area contributed by atoms with Crippen molar-refractivity contribution in [1.82, 2.24) is 10.2 Å². The molecule has 0 bridgehead atoms. The van der Waals surface area contributed by atoms with E-state index in [1.54, 1.807) is 7.11 Å². The molecule has 0 spiro atoms. The Balaban J connectivity index is 1.94. The van der Waals surface area contributed by atoms with Crippen molar-refractivity contribution in [1.29, 1.82) is 0 Å². The summed E-state index contributed by atoms with van der Waals surface area (Å²) in [5.74, 6) is 1.36. The lowest BCUT2D eigenvalue weighted by atomic mass is 9.97. The Hall–Kier alpha value is -1.55. The van der Waals surface area contributed by atoms with Crippen LogP contribution in [0, 0.1) is 0 Å². The molecule has 1 aliphatic heterocycles. The summed E-state index contributed by atoms with van der Waals surface area (Å²) in [5.41, 5.74) is 1.19. The van der Waals surface area contributed by atoms with Gasteiger partial charge >= 0.3 is 0 Å². The van der Waals surface area contributed by atoms with Gasteiger partial charge in [0.2, 0.25) is 5.91 Å². The van der Waals surface area contributed by atoms with Crippen molar-refractivity contribution in [3.8, 4) is 5.75 Å². The lowest BCUT2D eigenvalue weighted by Crippen LogP contribution is -2.41. The minimum Gasteiger partial charge on any atom is -0.497 e. The van der Waals surface area contributed by atoms with E-state index in [0.717, 1.165) is 31.7 Å². The monoisotopic (exact) mass is 290 g/mol. The quantitative estimate of drug-likeness (QED) is 0.874. The third-order valence-electron chi connectivity index (χ3n) is 4.30. The van der Waals surface area contributed by atoms with Gasteiger partial charge in [-0.25, -0.2) is 0 Å². The molecule has 1 heterocycles. The largest absolute Gasteiger partial charge is 0.497 e. The van der Waals surface area contributed by atoms with Crippen LogP contribution in [-0.2, 0) is 4.79 Å². The number of likely N-dealkylation sites (tertiary alicyclic amines) is 1. The van der Waals surface area contributed by atoms with Gasteiger partial charge in [0.1, 0.15) is 5.75 Å². The number of amides is 1. The zero-order chi connectivity index (χ0) is 15.2. The van der Waals surface area contributed by atoms with Crippen molar-refractivity contribution < 1.29 is 9.53 Å². The standard InChI is InChI=1S/C17H26N2O2/c1-13(14-6-8-16(21-3)9-7-14)11-17(20)19-10-4-5-15(19)12-18-2/h6-9,13,15,18H,4-5,10-12H2,1-3H3. The van der Waals surface area contributed by atoms with Crippen molar-refractivity contribution in [2.45, 2.75) is 38.1 Å². The van der Waals surface area contributed by atoms with E-state index in [1.165, 1.54) is 5.56 Å². The Morgan fingerprint density at radius 3 is 2.76 bits per heavy atom. The highest BCUT2D eigenvalue weighted by Crippen LogP contribution is 2.25. The number of nitrogens with zero attached hydrogens (tertiary/aromatic N) is 1. The van der Waals surface area contributed by atoms with Crippen LogP contribution in [0.2, 0.25) is 0 Å². The summed E-state index contributed by atoms with van der Waals surface area (Å²) in [6.45, 7) is 3.91. The number of benzene rings is 1. The normalized spacial score (nSPS) is 19.6. The molecule has 0 radical (unpaired) electrons. The second-order valence-electron chi connectivity index (χ2n) is 5.82. The van der Waals surface area contributed by atoms with Crippen molar-refractivity contribution >= 4 is 5.91 Å². The lowest BCUT2D eigenvalue weighted by Gasteiger charge is -2.26. The van der Waals surface area contributed by atoms with Crippen LogP contribution >= 0.6 is 0 Å². The molecular weight excluding hydrogens is 264 g/mol. The van der Waals surface area contributed by atoms with Crippen LogP contribution in [0.3, 0.4) is 0 Å². The van der Waals surface area contributed by atoms with E-state index >= 15 is 0 Å². The Bertz CT molecular complexity index is 458. The predicted octanol–water partition coefficient (Wildman–Crippen LogP) is 2.40. The molecule has 0 aromatic heterocycles. The molecule has 1 aromatic carbocycles. The van der Waals surface area contributed by atoms with Crippen LogP contribution < -0.4 is 10.1 Å². The number of nitrogens with one attached hydrogen (secondary N) is 1. The van der Waals surface area contributed by atoms with Crippen LogP contribution in [-0.4, -0.2) is 44.1 Å². The van der Waals surface area contributed by atoms with Gasteiger partial charge in [-0.05, 0) is 43.5 Å². The molecule has 1 amide bonds. The van der Waals surface area contributed by atoms with E-state index in [4.69, 9.17) is 4.74 Å². The first kappa shape index (κ1) is 15.8. The van der Waals surface area contributed by atoms with Crippen LogP contribution in [0.5, 0.6) is 5.75 Å². The van der Waals surface area contributed by atoms with Crippen LogP contribution in [0.1, 0.15) is 37.7 Å². The van der Waals surface area contributed by atoms with Gasteiger partial charge in [-0.2, -0.15) is 0 Å². The van der Waals surface area contributed by atoms with Crippen LogP contribution in [0.25, 0.3) is 0 Å². The number of hydrogen-bond donors (Lipinski definition) is 1. The summed E-state index contributed by atoms with van der Waals surface area (Å²) in [4.78, 5) is 14.6. The molecule has 1 aromatic rings. The number of rotatable bonds is 6. The van der Waals surface area contributed by atoms with Crippen molar-refractivity contribution in [3.05, 3.63) is 29.8 Å². The zero-order valence-electron chi connectivity index (χ0n) is 13.3. The van der Waals surface area contributed by atoms with Gasteiger partial charge in [0, 0.05) is 25.6 Å². The summed E-state index contributed by atoms with van der Waals surface area (Å²) in [5, 5.41) is 3.18. The van der Waals surface area contributed by atoms with E-state index < -0.39 is 0 Å². The molecule has 1 aliphatic rings. The molecular formula is C17H26N2O2. The zero-order valence-corrected chi connectivity index (χ0v) is 13.3. The number of likely N-dealkylation sites (N-methyl/N-ethyl adjacent to an activating group) is 1. The number of carbonyl (C=O) groups is 1. The van der Waals surface area contributed by atoms with Crippen molar-refractivity contribution in [3.63, 3.8) is 0 Å². The summed E-state index contributed by atoms with van der Waals surface area (Å²) >= 11 is 0. The van der Waals surface area contributed by atoms with Crippen LogP contribution in [0.15, 0.2) is 24.3 Å². The predicted molar refractivity (Wildman–Crippen MR) is 84.7 cm³/mol. The SMILES string of the molecule is CNCC1CCCN1C(=O)CC(C)c1ccc(OC)cc1. The molecule has 4 nitrogen and oxygen atoms in total. The first-order valence-corrected chi connectivity index (χ1v) is 7.73. The maximum atomic E-state index is 12.5. The van der Waals surface area contributed by atoms with E-state index in [0.29, 0.717) is 12.5 Å². The second-order valence-corrected chi connectivity index (χ2v) is 5.82. The average Bonchev–Trinajstić information content (AvgIpc) is 2.96. The summed E-state index contributed by atoms with van der Waals surface area (Å²) in [6.07, 6.45) is 2.81. The molecule has 2 atom stereocenters. The van der Waals surface area contributed by atoms with Gasteiger partial charge in [-0.1, -0.05) is 19.1 Å². The first-order valence-electron chi connectivity index (χ1n) is 7.73. The minimum atomic E-state index is 0.235. The second kappa shape index (κ2) is 7.46. The molecule has 1 N–H and O–H groups in total. The summed E-state index contributed by atoms with van der Waals surface area (Å²) < 4.78 is 5.17. The molecule has 2 rings (SSSR count). The fraction of sp³-hybridized carbons (Fsp3) is 0.588. The van der Waals surface area contributed by atoms with E-state index in [-0.39, 0.29) is 11.8 Å². The Labute approximate surface area is 127 Å². The number of hydrogen-bond acceptors (Lipinski definition) is 3. The fourth-order valence-electron chi connectivity index (χ4n) is 3.04. The first-order chi connectivity index (χ1) is 10.2. The molecule has 1 saturated heterocycles. The summed E-state index contributed by atoms with van der Waals surface area (Å²) in [6, 6.07) is 8.37. The van der Waals surface area contributed by atoms with Gasteiger partial charge in [0.05, 0.1) is 7.11 Å². The molecule has 1 fully saturated rings. The van der Waals surface area contributed by atoms with E-state index in [9.17, 15) is 4.79 Å². The number of carbonyl (C=O) groups excluding carboxylic acids is 1. The molecule has 4 heteroatoms. The highest BCUT2D eigenvalue weighted by Gasteiger charge is 2.28. The van der Waals surface area contributed by atoms with E-state index in [1.807, 2.05) is 31.3 Å². The fourth-order valence-corrected chi connectivity index (χ4v) is 3.04. The molecule has 116 valence electrons.